The Kier molecular flexibility index (Phi) is 5.59. The van der Waals surface area contributed by atoms with Crippen LogP contribution in [0.5, 0.6) is 0 Å². The molecule has 0 heterocycles. The Morgan fingerprint density at radius 1 is 1.32 bits per heavy atom. The third-order valence-electron chi connectivity index (χ3n) is 3.35. The number of nitrogens with one attached hydrogen (secondary N) is 1. The van der Waals surface area contributed by atoms with Crippen LogP contribution in [0.4, 0.5) is 5.69 Å². The van der Waals surface area contributed by atoms with E-state index in [9.17, 15) is 4.79 Å². The summed E-state index contributed by atoms with van der Waals surface area (Å²) in [6, 6.07) is 3.85. The van der Waals surface area contributed by atoms with Gasteiger partial charge in [-0.15, -0.1) is 6.42 Å². The summed E-state index contributed by atoms with van der Waals surface area (Å²) >= 11 is 0. The van der Waals surface area contributed by atoms with Crippen LogP contribution >= 0.6 is 0 Å². The maximum atomic E-state index is 12.0. The first-order valence-electron chi connectivity index (χ1n) is 6.62. The standard InChI is InChI=1S/C16H22N2O/c1-6-14-10-9-12(4)16(13(14)5)17-15(19)11-18(7-2)8-3/h1,9-10H,7-8,11H2,2-5H3,(H,17,19). The molecule has 0 radical (unpaired) electrons. The molecule has 102 valence electrons. The highest BCUT2D eigenvalue weighted by molar-refractivity contribution is 5.94. The molecule has 0 unspecified atom stereocenters. The zero-order chi connectivity index (χ0) is 14.4. The zero-order valence-corrected chi connectivity index (χ0v) is 12.2. The molecule has 0 saturated carbocycles. The molecule has 0 aromatic heterocycles. The monoisotopic (exact) mass is 258 g/mol. The molecular formula is C16H22N2O. The van der Waals surface area contributed by atoms with Gasteiger partial charge in [-0.1, -0.05) is 25.8 Å². The van der Waals surface area contributed by atoms with E-state index < -0.39 is 0 Å². The maximum Gasteiger partial charge on any atom is 0.238 e. The molecule has 19 heavy (non-hydrogen) atoms. The van der Waals surface area contributed by atoms with Crippen LogP contribution in [-0.2, 0) is 4.79 Å². The summed E-state index contributed by atoms with van der Waals surface area (Å²) in [5.41, 5.74) is 3.65. The molecule has 3 heteroatoms. The van der Waals surface area contributed by atoms with Crippen LogP contribution in [0.1, 0.15) is 30.5 Å². The van der Waals surface area contributed by atoms with Gasteiger partial charge in [0.1, 0.15) is 0 Å². The average molecular weight is 258 g/mol. The quantitative estimate of drug-likeness (QED) is 0.823. The normalized spacial score (nSPS) is 10.3. The summed E-state index contributed by atoms with van der Waals surface area (Å²) in [7, 11) is 0. The number of hydrogen-bond acceptors (Lipinski definition) is 2. The van der Waals surface area contributed by atoms with Crippen molar-refractivity contribution in [3.8, 4) is 12.3 Å². The van der Waals surface area contributed by atoms with Crippen molar-refractivity contribution in [2.75, 3.05) is 25.0 Å². The van der Waals surface area contributed by atoms with Crippen LogP contribution in [0.25, 0.3) is 0 Å². The van der Waals surface area contributed by atoms with E-state index in [1.165, 1.54) is 0 Å². The van der Waals surface area contributed by atoms with E-state index in [2.05, 4.69) is 16.1 Å². The molecule has 1 aromatic rings. The van der Waals surface area contributed by atoms with Crippen molar-refractivity contribution in [1.29, 1.82) is 0 Å². The Morgan fingerprint density at radius 3 is 2.47 bits per heavy atom. The number of rotatable bonds is 5. The molecule has 1 aromatic carbocycles. The van der Waals surface area contributed by atoms with Crippen molar-refractivity contribution in [2.45, 2.75) is 27.7 Å². The van der Waals surface area contributed by atoms with Crippen LogP contribution in [0.3, 0.4) is 0 Å². The largest absolute Gasteiger partial charge is 0.324 e. The molecule has 0 bridgehead atoms. The van der Waals surface area contributed by atoms with E-state index in [-0.39, 0.29) is 5.91 Å². The first-order chi connectivity index (χ1) is 9.03. The highest BCUT2D eigenvalue weighted by Crippen LogP contribution is 2.23. The Balaban J connectivity index is 2.88. The Hall–Kier alpha value is -1.79. The summed E-state index contributed by atoms with van der Waals surface area (Å²) in [6.07, 6.45) is 5.45. The average Bonchev–Trinajstić information content (AvgIpc) is 2.41. The Bertz CT molecular complexity index is 496. The minimum absolute atomic E-state index is 0.00377. The number of anilines is 1. The van der Waals surface area contributed by atoms with Crippen molar-refractivity contribution in [2.24, 2.45) is 0 Å². The van der Waals surface area contributed by atoms with Crippen molar-refractivity contribution in [3.05, 3.63) is 28.8 Å². The second-order valence-corrected chi connectivity index (χ2v) is 4.58. The second kappa shape index (κ2) is 6.96. The number of terminal acetylenes is 1. The lowest BCUT2D eigenvalue weighted by Gasteiger charge is -2.19. The summed E-state index contributed by atoms with van der Waals surface area (Å²) in [5, 5.41) is 2.98. The number of amides is 1. The van der Waals surface area contributed by atoms with Crippen LogP contribution in [-0.4, -0.2) is 30.4 Å². The summed E-state index contributed by atoms with van der Waals surface area (Å²) in [6.45, 7) is 10.2. The van der Waals surface area contributed by atoms with Gasteiger partial charge in [-0.05, 0) is 44.1 Å². The van der Waals surface area contributed by atoms with E-state index in [4.69, 9.17) is 6.42 Å². The molecule has 0 spiro atoms. The Morgan fingerprint density at radius 2 is 1.95 bits per heavy atom. The van der Waals surface area contributed by atoms with Crippen LogP contribution in [0.2, 0.25) is 0 Å². The molecule has 0 aliphatic heterocycles. The molecule has 1 amide bonds. The number of nitrogens with zero attached hydrogens (tertiary/aromatic N) is 1. The number of aryl methyl sites for hydroxylation is 1. The lowest BCUT2D eigenvalue weighted by molar-refractivity contribution is -0.117. The van der Waals surface area contributed by atoms with E-state index >= 15 is 0 Å². The second-order valence-electron chi connectivity index (χ2n) is 4.58. The van der Waals surface area contributed by atoms with Crippen molar-refractivity contribution in [1.82, 2.24) is 4.90 Å². The van der Waals surface area contributed by atoms with Crippen molar-refractivity contribution >= 4 is 11.6 Å². The third-order valence-corrected chi connectivity index (χ3v) is 3.35. The summed E-state index contributed by atoms with van der Waals surface area (Å²) < 4.78 is 0. The van der Waals surface area contributed by atoms with E-state index in [1.807, 2.05) is 39.8 Å². The molecule has 0 aliphatic rings. The SMILES string of the molecule is C#Cc1ccc(C)c(NC(=O)CN(CC)CC)c1C. The minimum atomic E-state index is 0.00377. The summed E-state index contributed by atoms with van der Waals surface area (Å²) in [4.78, 5) is 14.1. The van der Waals surface area contributed by atoms with Gasteiger partial charge in [0.25, 0.3) is 0 Å². The number of carbonyl (C=O) groups excluding carboxylic acids is 1. The highest BCUT2D eigenvalue weighted by atomic mass is 16.2. The van der Waals surface area contributed by atoms with Crippen molar-refractivity contribution < 1.29 is 4.79 Å². The fourth-order valence-electron chi connectivity index (χ4n) is 2.03. The lowest BCUT2D eigenvalue weighted by Crippen LogP contribution is -2.33. The molecule has 1 rings (SSSR count). The maximum absolute atomic E-state index is 12.0. The predicted octanol–water partition coefficient (Wildman–Crippen LogP) is 2.57. The van der Waals surface area contributed by atoms with Crippen LogP contribution in [0, 0.1) is 26.2 Å². The molecule has 0 aliphatic carbocycles. The number of benzene rings is 1. The first kappa shape index (κ1) is 15.3. The van der Waals surface area contributed by atoms with Gasteiger partial charge in [0, 0.05) is 11.3 Å². The summed E-state index contributed by atoms with van der Waals surface area (Å²) in [5.74, 6) is 2.64. The van der Waals surface area contributed by atoms with E-state index in [1.54, 1.807) is 0 Å². The van der Waals surface area contributed by atoms with Gasteiger partial charge in [-0.3, -0.25) is 9.69 Å². The van der Waals surface area contributed by atoms with Gasteiger partial charge in [-0.2, -0.15) is 0 Å². The first-order valence-corrected chi connectivity index (χ1v) is 6.62. The smallest absolute Gasteiger partial charge is 0.238 e. The lowest BCUT2D eigenvalue weighted by atomic mass is 10.0. The topological polar surface area (TPSA) is 32.3 Å². The fraction of sp³-hybridized carbons (Fsp3) is 0.438. The molecule has 0 saturated heterocycles. The number of hydrogen-bond donors (Lipinski definition) is 1. The van der Waals surface area contributed by atoms with E-state index in [0.717, 1.165) is 35.5 Å². The fourth-order valence-corrected chi connectivity index (χ4v) is 2.03. The third kappa shape index (κ3) is 3.84. The van der Waals surface area contributed by atoms with Gasteiger partial charge < -0.3 is 5.32 Å². The highest BCUT2D eigenvalue weighted by Gasteiger charge is 2.12. The van der Waals surface area contributed by atoms with Crippen molar-refractivity contribution in [3.63, 3.8) is 0 Å². The van der Waals surface area contributed by atoms with Crippen LogP contribution < -0.4 is 5.32 Å². The predicted molar refractivity (Wildman–Crippen MR) is 80.3 cm³/mol. The van der Waals surface area contributed by atoms with Gasteiger partial charge in [0.15, 0.2) is 0 Å². The number of likely N-dealkylation sites (N-methyl/N-ethyl adjacent to an activating group) is 1. The van der Waals surface area contributed by atoms with Gasteiger partial charge >= 0.3 is 0 Å². The Labute approximate surface area is 116 Å². The molecular weight excluding hydrogens is 236 g/mol. The molecule has 1 N–H and O–H groups in total. The minimum Gasteiger partial charge on any atom is -0.324 e. The number of carbonyl (C=O) groups is 1. The van der Waals surface area contributed by atoms with Gasteiger partial charge in [0.05, 0.1) is 6.54 Å². The molecule has 3 nitrogen and oxygen atoms in total. The van der Waals surface area contributed by atoms with Crippen LogP contribution in [0.15, 0.2) is 12.1 Å². The van der Waals surface area contributed by atoms with Gasteiger partial charge in [0.2, 0.25) is 5.91 Å². The zero-order valence-electron chi connectivity index (χ0n) is 12.2. The van der Waals surface area contributed by atoms with E-state index in [0.29, 0.717) is 6.54 Å². The molecule has 0 atom stereocenters. The van der Waals surface area contributed by atoms with Gasteiger partial charge in [-0.25, -0.2) is 0 Å². The molecule has 0 fully saturated rings.